The van der Waals surface area contributed by atoms with Crippen LogP contribution in [0.5, 0.6) is 0 Å². The molecule has 0 aliphatic rings. The van der Waals surface area contributed by atoms with Crippen LogP contribution in [0.4, 0.5) is 6.01 Å². The third kappa shape index (κ3) is 2.94. The van der Waals surface area contributed by atoms with Crippen molar-refractivity contribution in [3.8, 4) is 11.6 Å². The lowest BCUT2D eigenvalue weighted by Gasteiger charge is -1.97. The topological polar surface area (TPSA) is 81.7 Å². The van der Waals surface area contributed by atoms with Crippen LogP contribution in [0.3, 0.4) is 0 Å². The highest BCUT2D eigenvalue weighted by atomic mass is 32.1. The first kappa shape index (κ1) is 13.7. The molecule has 0 radical (unpaired) electrons. The second-order valence-corrected chi connectivity index (χ2v) is 6.10. The summed E-state index contributed by atoms with van der Waals surface area (Å²) in [7, 11) is 1.88. The molecular formula is C13H16N6OS. The normalized spacial score (nSPS) is 11.2. The lowest BCUT2D eigenvalue weighted by atomic mass is 10.2. The molecule has 3 aromatic rings. The van der Waals surface area contributed by atoms with Gasteiger partial charge in [0.2, 0.25) is 5.82 Å². The van der Waals surface area contributed by atoms with Crippen LogP contribution in [-0.4, -0.2) is 24.7 Å². The van der Waals surface area contributed by atoms with Crippen LogP contribution in [0.1, 0.15) is 29.7 Å². The molecule has 0 bridgehead atoms. The van der Waals surface area contributed by atoms with Gasteiger partial charge in [0.1, 0.15) is 5.01 Å². The number of aromatic nitrogens is 5. The average molecular weight is 304 g/mol. The van der Waals surface area contributed by atoms with E-state index in [-0.39, 0.29) is 0 Å². The smallest absolute Gasteiger partial charge is 0.322 e. The molecule has 8 heteroatoms. The van der Waals surface area contributed by atoms with Crippen LogP contribution in [0.25, 0.3) is 11.6 Å². The Kier molecular flexibility index (Phi) is 3.70. The minimum absolute atomic E-state index is 0.370. The molecule has 0 saturated heterocycles. The molecule has 0 aromatic carbocycles. The van der Waals surface area contributed by atoms with Gasteiger partial charge in [-0.15, -0.1) is 11.3 Å². The number of nitrogens with zero attached hydrogens (tertiary/aromatic N) is 5. The van der Waals surface area contributed by atoms with Gasteiger partial charge in [-0.05, 0) is 5.92 Å². The van der Waals surface area contributed by atoms with Gasteiger partial charge in [-0.1, -0.05) is 19.0 Å². The lowest BCUT2D eigenvalue weighted by Crippen LogP contribution is -1.99. The third-order valence-corrected chi connectivity index (χ3v) is 4.28. The van der Waals surface area contributed by atoms with Crippen molar-refractivity contribution in [3.05, 3.63) is 28.5 Å². The predicted molar refractivity (Wildman–Crippen MR) is 80.0 cm³/mol. The Morgan fingerprint density at radius 2 is 2.24 bits per heavy atom. The van der Waals surface area contributed by atoms with Crippen LogP contribution in [-0.2, 0) is 13.6 Å². The maximum atomic E-state index is 5.17. The van der Waals surface area contributed by atoms with E-state index in [0.717, 1.165) is 5.01 Å². The van der Waals surface area contributed by atoms with Crippen molar-refractivity contribution in [1.29, 1.82) is 0 Å². The maximum absolute atomic E-state index is 5.17. The van der Waals surface area contributed by atoms with E-state index in [1.807, 2.05) is 24.0 Å². The Balaban J connectivity index is 1.66. The monoisotopic (exact) mass is 304 g/mol. The zero-order valence-electron chi connectivity index (χ0n) is 12.1. The largest absolute Gasteiger partial charge is 0.331 e. The number of hydrogen-bond donors (Lipinski definition) is 1. The molecule has 0 saturated carbocycles. The summed E-state index contributed by atoms with van der Waals surface area (Å²) >= 11 is 1.69. The fourth-order valence-electron chi connectivity index (χ4n) is 1.79. The van der Waals surface area contributed by atoms with Crippen molar-refractivity contribution in [2.75, 3.05) is 5.32 Å². The number of rotatable bonds is 5. The molecule has 7 nitrogen and oxygen atoms in total. The number of imidazole rings is 1. The standard InChI is InChI=1S/C13H16N6OS/c1-8(2)9-6-15-10(21-9)7-16-13-17-11(18-20-13)12-14-4-5-19(12)3/h4-6,8H,7H2,1-3H3,(H,16,17,18). The van der Waals surface area contributed by atoms with E-state index in [2.05, 4.69) is 39.3 Å². The summed E-state index contributed by atoms with van der Waals surface area (Å²) in [4.78, 5) is 14.1. The van der Waals surface area contributed by atoms with Gasteiger partial charge < -0.3 is 14.4 Å². The highest BCUT2D eigenvalue weighted by Crippen LogP contribution is 2.22. The summed E-state index contributed by atoms with van der Waals surface area (Å²) in [6, 6.07) is 0.370. The Morgan fingerprint density at radius 1 is 1.38 bits per heavy atom. The molecule has 0 aliphatic carbocycles. The molecule has 110 valence electrons. The molecular weight excluding hydrogens is 288 g/mol. The second-order valence-electron chi connectivity index (χ2n) is 4.95. The van der Waals surface area contributed by atoms with Gasteiger partial charge in [0.25, 0.3) is 0 Å². The first-order valence-corrected chi connectivity index (χ1v) is 7.45. The first-order chi connectivity index (χ1) is 10.1. The fourth-order valence-corrected chi connectivity index (χ4v) is 2.65. The van der Waals surface area contributed by atoms with E-state index in [0.29, 0.717) is 30.1 Å². The summed E-state index contributed by atoms with van der Waals surface area (Å²) in [5, 5.41) is 8.00. The minimum Gasteiger partial charge on any atom is -0.331 e. The van der Waals surface area contributed by atoms with E-state index in [1.54, 1.807) is 17.5 Å². The highest BCUT2D eigenvalue weighted by Gasteiger charge is 2.12. The predicted octanol–water partition coefficient (Wildman–Crippen LogP) is 2.66. The molecule has 0 fully saturated rings. The molecule has 0 amide bonds. The number of hydrogen-bond acceptors (Lipinski definition) is 7. The zero-order valence-corrected chi connectivity index (χ0v) is 12.9. The van der Waals surface area contributed by atoms with Crippen molar-refractivity contribution in [3.63, 3.8) is 0 Å². The van der Waals surface area contributed by atoms with Crippen LogP contribution in [0.15, 0.2) is 23.1 Å². The van der Waals surface area contributed by atoms with Crippen molar-refractivity contribution in [1.82, 2.24) is 24.7 Å². The fraction of sp³-hybridized carbons (Fsp3) is 0.385. The summed E-state index contributed by atoms with van der Waals surface area (Å²) in [5.41, 5.74) is 0. The van der Waals surface area contributed by atoms with Gasteiger partial charge in [0, 0.05) is 30.5 Å². The molecule has 0 unspecified atom stereocenters. The van der Waals surface area contributed by atoms with Crippen molar-refractivity contribution in [2.24, 2.45) is 7.05 Å². The molecule has 21 heavy (non-hydrogen) atoms. The number of anilines is 1. The Morgan fingerprint density at radius 3 is 2.90 bits per heavy atom. The van der Waals surface area contributed by atoms with Crippen LogP contribution >= 0.6 is 11.3 Å². The van der Waals surface area contributed by atoms with Gasteiger partial charge in [0.05, 0.1) is 6.54 Å². The molecule has 3 heterocycles. The molecule has 0 spiro atoms. The molecule has 3 rings (SSSR count). The lowest BCUT2D eigenvalue weighted by molar-refractivity contribution is 0.431. The molecule has 0 aliphatic heterocycles. The number of aryl methyl sites for hydroxylation is 1. The number of thiazole rings is 1. The van der Waals surface area contributed by atoms with Crippen LogP contribution in [0, 0.1) is 0 Å². The van der Waals surface area contributed by atoms with Gasteiger partial charge in [-0.25, -0.2) is 9.97 Å². The Bertz CT molecular complexity index is 728. The zero-order chi connectivity index (χ0) is 14.8. The summed E-state index contributed by atoms with van der Waals surface area (Å²) < 4.78 is 7.01. The van der Waals surface area contributed by atoms with E-state index in [4.69, 9.17) is 4.52 Å². The average Bonchev–Trinajstić information content (AvgIpc) is 3.16. The van der Waals surface area contributed by atoms with Crippen LogP contribution in [0.2, 0.25) is 0 Å². The van der Waals surface area contributed by atoms with Gasteiger partial charge >= 0.3 is 6.01 Å². The van der Waals surface area contributed by atoms with Gasteiger partial charge in [-0.2, -0.15) is 4.98 Å². The van der Waals surface area contributed by atoms with E-state index >= 15 is 0 Å². The van der Waals surface area contributed by atoms with Crippen LogP contribution < -0.4 is 5.32 Å². The minimum atomic E-state index is 0.370. The van der Waals surface area contributed by atoms with Crippen molar-refractivity contribution in [2.45, 2.75) is 26.3 Å². The molecule has 1 N–H and O–H groups in total. The van der Waals surface area contributed by atoms with E-state index < -0.39 is 0 Å². The first-order valence-electron chi connectivity index (χ1n) is 6.63. The summed E-state index contributed by atoms with van der Waals surface area (Å²) in [6.45, 7) is 4.88. The molecule has 3 aromatic heterocycles. The SMILES string of the molecule is CC(C)c1cnc(CNc2nc(-c3nccn3C)no2)s1. The summed E-state index contributed by atoms with van der Waals surface area (Å²) in [5.74, 6) is 1.63. The summed E-state index contributed by atoms with van der Waals surface area (Å²) in [6.07, 6.45) is 5.45. The molecule has 0 atom stereocenters. The third-order valence-electron chi connectivity index (χ3n) is 2.98. The number of nitrogens with one attached hydrogen (secondary N) is 1. The highest BCUT2D eigenvalue weighted by molar-refractivity contribution is 7.11. The van der Waals surface area contributed by atoms with Gasteiger partial charge in [-0.3, -0.25) is 0 Å². The Labute approximate surface area is 126 Å². The van der Waals surface area contributed by atoms with Gasteiger partial charge in [0.15, 0.2) is 5.82 Å². The maximum Gasteiger partial charge on any atom is 0.322 e. The Hall–Kier alpha value is -2.22. The quantitative estimate of drug-likeness (QED) is 0.780. The second kappa shape index (κ2) is 5.65. The van der Waals surface area contributed by atoms with Crippen molar-refractivity contribution >= 4 is 17.4 Å². The van der Waals surface area contributed by atoms with Crippen molar-refractivity contribution < 1.29 is 4.52 Å². The van der Waals surface area contributed by atoms with E-state index in [1.165, 1.54) is 4.88 Å². The van der Waals surface area contributed by atoms with E-state index in [9.17, 15) is 0 Å².